The van der Waals surface area contributed by atoms with Gasteiger partial charge >= 0.3 is 0 Å². The van der Waals surface area contributed by atoms with Crippen molar-refractivity contribution in [3.63, 3.8) is 0 Å². The number of pyridine rings is 1. The molecule has 6 nitrogen and oxygen atoms in total. The molecule has 1 aromatic carbocycles. The van der Waals surface area contributed by atoms with Gasteiger partial charge in [-0.2, -0.15) is 0 Å². The second-order valence-electron chi connectivity index (χ2n) is 5.60. The van der Waals surface area contributed by atoms with Crippen LogP contribution >= 0.6 is 23.4 Å². The first-order chi connectivity index (χ1) is 12.6. The van der Waals surface area contributed by atoms with Gasteiger partial charge in [0.05, 0.1) is 11.4 Å². The Balaban J connectivity index is 1.71. The molecule has 0 bridgehead atoms. The summed E-state index contributed by atoms with van der Waals surface area (Å²) in [5, 5.41) is 12.3. The highest BCUT2D eigenvalue weighted by Crippen LogP contribution is 2.25. The number of carbonyl (C=O) groups excluding carboxylic acids is 1. The van der Waals surface area contributed by atoms with E-state index in [0.29, 0.717) is 17.4 Å². The van der Waals surface area contributed by atoms with E-state index in [1.54, 1.807) is 18.3 Å². The molecular formula is C18H18ClN5OS. The van der Waals surface area contributed by atoms with Gasteiger partial charge in [-0.25, -0.2) is 4.98 Å². The summed E-state index contributed by atoms with van der Waals surface area (Å²) < 4.78 is 2.00. The summed E-state index contributed by atoms with van der Waals surface area (Å²) in [6, 6.07) is 11.5. The van der Waals surface area contributed by atoms with E-state index in [2.05, 4.69) is 26.6 Å². The van der Waals surface area contributed by atoms with E-state index in [1.807, 2.05) is 36.6 Å². The van der Waals surface area contributed by atoms with Crippen molar-refractivity contribution in [3.05, 3.63) is 53.3 Å². The second kappa shape index (κ2) is 8.33. The van der Waals surface area contributed by atoms with Crippen LogP contribution in [0.5, 0.6) is 0 Å². The topological polar surface area (TPSA) is 72.7 Å². The highest BCUT2D eigenvalue weighted by molar-refractivity contribution is 7.99. The van der Waals surface area contributed by atoms with Gasteiger partial charge in [0.25, 0.3) is 0 Å². The van der Waals surface area contributed by atoms with Gasteiger partial charge in [0.15, 0.2) is 16.1 Å². The Kier molecular flexibility index (Phi) is 5.90. The Morgan fingerprint density at radius 1 is 1.27 bits per heavy atom. The Labute approximate surface area is 161 Å². The molecule has 0 spiro atoms. The van der Waals surface area contributed by atoms with E-state index in [-0.39, 0.29) is 16.8 Å². The van der Waals surface area contributed by atoms with Gasteiger partial charge in [-0.05, 0) is 32.0 Å². The maximum atomic E-state index is 12.2. The Bertz CT molecular complexity index is 927. The van der Waals surface area contributed by atoms with Gasteiger partial charge in [0, 0.05) is 18.3 Å². The number of carbonyl (C=O) groups is 1. The molecule has 0 radical (unpaired) electrons. The normalized spacial score (nSPS) is 10.7. The van der Waals surface area contributed by atoms with E-state index in [1.165, 1.54) is 11.8 Å². The molecule has 8 heteroatoms. The number of nitrogens with one attached hydrogen (secondary N) is 1. The number of rotatable bonds is 6. The van der Waals surface area contributed by atoms with Gasteiger partial charge in [0.1, 0.15) is 0 Å². The van der Waals surface area contributed by atoms with Crippen LogP contribution in [0.4, 0.5) is 5.69 Å². The average molecular weight is 388 g/mol. The van der Waals surface area contributed by atoms with Crippen molar-refractivity contribution < 1.29 is 4.79 Å². The molecule has 3 aromatic rings. The molecule has 0 saturated carbocycles. The summed E-state index contributed by atoms with van der Waals surface area (Å²) in [5.41, 5.74) is 2.67. The van der Waals surface area contributed by atoms with Crippen molar-refractivity contribution >= 4 is 35.0 Å². The van der Waals surface area contributed by atoms with Crippen LogP contribution in [0.1, 0.15) is 12.5 Å². The Morgan fingerprint density at radius 2 is 2.12 bits per heavy atom. The molecule has 0 atom stereocenters. The number of nitrogens with zero attached hydrogens (tertiary/aromatic N) is 4. The molecule has 1 amide bonds. The molecule has 0 saturated heterocycles. The smallest absolute Gasteiger partial charge is 0.234 e. The fourth-order valence-electron chi connectivity index (χ4n) is 2.47. The van der Waals surface area contributed by atoms with Crippen molar-refractivity contribution in [2.45, 2.75) is 25.5 Å². The van der Waals surface area contributed by atoms with Crippen molar-refractivity contribution in [2.75, 3.05) is 11.1 Å². The van der Waals surface area contributed by atoms with Crippen LogP contribution in [0.3, 0.4) is 0 Å². The van der Waals surface area contributed by atoms with Gasteiger partial charge in [-0.3, -0.25) is 4.79 Å². The first kappa shape index (κ1) is 18.4. The number of hydrogen-bond donors (Lipinski definition) is 1. The Hall–Kier alpha value is -2.38. The monoisotopic (exact) mass is 387 g/mol. The number of benzene rings is 1. The first-order valence-electron chi connectivity index (χ1n) is 8.12. The van der Waals surface area contributed by atoms with E-state index in [4.69, 9.17) is 11.6 Å². The molecule has 0 aliphatic heterocycles. The number of aryl methyl sites for hydroxylation is 1. The van der Waals surface area contributed by atoms with Crippen LogP contribution in [0.15, 0.2) is 47.8 Å². The van der Waals surface area contributed by atoms with E-state index in [9.17, 15) is 4.79 Å². The standard InChI is InChI=1S/C18H18ClN5OS/c1-3-24-17(13-7-4-6-12(2)10-13)22-23-18(24)26-11-15(25)21-14-8-5-9-20-16(14)19/h4-10H,3,11H2,1-2H3,(H,21,25). The van der Waals surface area contributed by atoms with Crippen molar-refractivity contribution in [2.24, 2.45) is 0 Å². The average Bonchev–Trinajstić information content (AvgIpc) is 3.05. The minimum atomic E-state index is -0.173. The molecule has 0 unspecified atom stereocenters. The van der Waals surface area contributed by atoms with Gasteiger partial charge < -0.3 is 9.88 Å². The molecule has 1 N–H and O–H groups in total. The van der Waals surface area contributed by atoms with E-state index < -0.39 is 0 Å². The maximum Gasteiger partial charge on any atom is 0.234 e. The predicted molar refractivity (Wildman–Crippen MR) is 104 cm³/mol. The largest absolute Gasteiger partial charge is 0.323 e. The maximum absolute atomic E-state index is 12.2. The molecule has 2 aromatic heterocycles. The molecule has 0 fully saturated rings. The lowest BCUT2D eigenvalue weighted by molar-refractivity contribution is -0.113. The molecular weight excluding hydrogens is 370 g/mol. The second-order valence-corrected chi connectivity index (χ2v) is 6.90. The lowest BCUT2D eigenvalue weighted by Crippen LogP contribution is -2.15. The Morgan fingerprint density at radius 3 is 2.85 bits per heavy atom. The summed E-state index contributed by atoms with van der Waals surface area (Å²) >= 11 is 7.30. The first-order valence-corrected chi connectivity index (χ1v) is 9.48. The zero-order valence-electron chi connectivity index (χ0n) is 14.4. The number of anilines is 1. The number of thioether (sulfide) groups is 1. The molecule has 0 aliphatic carbocycles. The number of halogens is 1. The summed E-state index contributed by atoms with van der Waals surface area (Å²) in [6.07, 6.45) is 1.57. The van der Waals surface area contributed by atoms with Crippen molar-refractivity contribution in [3.8, 4) is 11.4 Å². The highest BCUT2D eigenvalue weighted by Gasteiger charge is 2.15. The molecule has 2 heterocycles. The number of amides is 1. The summed E-state index contributed by atoms with van der Waals surface area (Å²) in [7, 11) is 0. The van der Waals surface area contributed by atoms with Gasteiger partial charge in [-0.15, -0.1) is 10.2 Å². The predicted octanol–water partition coefficient (Wildman–Crippen LogP) is 4.05. The van der Waals surface area contributed by atoms with Crippen LogP contribution in [0.25, 0.3) is 11.4 Å². The van der Waals surface area contributed by atoms with E-state index in [0.717, 1.165) is 17.0 Å². The van der Waals surface area contributed by atoms with Crippen LogP contribution in [-0.4, -0.2) is 31.4 Å². The summed E-state index contributed by atoms with van der Waals surface area (Å²) in [4.78, 5) is 16.1. The quantitative estimate of drug-likeness (QED) is 0.510. The third-order valence-electron chi connectivity index (χ3n) is 3.67. The number of aromatic nitrogens is 4. The summed E-state index contributed by atoms with van der Waals surface area (Å²) in [6.45, 7) is 4.79. The molecule has 134 valence electrons. The third-order valence-corrected chi connectivity index (χ3v) is 4.94. The minimum Gasteiger partial charge on any atom is -0.323 e. The van der Waals surface area contributed by atoms with Crippen molar-refractivity contribution in [1.29, 1.82) is 0 Å². The highest BCUT2D eigenvalue weighted by atomic mass is 35.5. The van der Waals surface area contributed by atoms with Crippen LogP contribution in [0, 0.1) is 6.92 Å². The lowest BCUT2D eigenvalue weighted by atomic mass is 10.1. The fraction of sp³-hybridized carbons (Fsp3) is 0.222. The van der Waals surface area contributed by atoms with Crippen LogP contribution in [-0.2, 0) is 11.3 Å². The fourth-order valence-corrected chi connectivity index (χ4v) is 3.44. The molecule has 0 aliphatic rings. The van der Waals surface area contributed by atoms with Crippen LogP contribution < -0.4 is 5.32 Å². The zero-order chi connectivity index (χ0) is 18.5. The zero-order valence-corrected chi connectivity index (χ0v) is 16.0. The third kappa shape index (κ3) is 4.23. The summed E-state index contributed by atoms with van der Waals surface area (Å²) in [5.74, 6) is 0.832. The minimum absolute atomic E-state index is 0.173. The molecule has 26 heavy (non-hydrogen) atoms. The number of hydrogen-bond acceptors (Lipinski definition) is 5. The SMILES string of the molecule is CCn1c(SCC(=O)Nc2cccnc2Cl)nnc1-c1cccc(C)c1. The lowest BCUT2D eigenvalue weighted by Gasteiger charge is -2.08. The molecule has 3 rings (SSSR count). The van der Waals surface area contributed by atoms with Gasteiger partial charge in [0.2, 0.25) is 5.91 Å². The van der Waals surface area contributed by atoms with E-state index >= 15 is 0 Å². The van der Waals surface area contributed by atoms with Crippen LogP contribution in [0.2, 0.25) is 5.15 Å². The van der Waals surface area contributed by atoms with Crippen molar-refractivity contribution in [1.82, 2.24) is 19.7 Å². The van der Waals surface area contributed by atoms with Gasteiger partial charge in [-0.1, -0.05) is 47.1 Å².